The van der Waals surface area contributed by atoms with E-state index in [0.29, 0.717) is 0 Å². The molecule has 0 saturated heterocycles. The van der Waals surface area contributed by atoms with Crippen LogP contribution in [-0.4, -0.2) is 28.6 Å². The van der Waals surface area contributed by atoms with Gasteiger partial charge >= 0.3 is 0 Å². The summed E-state index contributed by atoms with van der Waals surface area (Å²) in [5, 5.41) is 11.6. The minimum absolute atomic E-state index is 0.00246. The van der Waals surface area contributed by atoms with Gasteiger partial charge in [0.2, 0.25) is 11.8 Å². The van der Waals surface area contributed by atoms with Crippen molar-refractivity contribution >= 4 is 11.8 Å². The van der Waals surface area contributed by atoms with E-state index in [1.165, 1.54) is 6.92 Å². The third-order valence-corrected chi connectivity index (χ3v) is 1.89. The van der Waals surface area contributed by atoms with Crippen molar-refractivity contribution in [3.05, 3.63) is 18.0 Å². The molecule has 3 N–H and O–H groups in total. The molecule has 0 aromatic carbocycles. The summed E-state index contributed by atoms with van der Waals surface area (Å²) in [4.78, 5) is 21.9. The Morgan fingerprint density at radius 2 is 2.33 bits per heavy atom. The van der Waals surface area contributed by atoms with Gasteiger partial charge in [0.25, 0.3) is 0 Å². The number of carbonyl (C=O) groups is 2. The van der Waals surface area contributed by atoms with Crippen molar-refractivity contribution in [3.63, 3.8) is 0 Å². The standard InChI is InChI=1S/C9H14N4O2/c1-6(8-3-11-12-4-8)13-9(15)5-10-7(2)14/h3-4,6H,5H2,1-2H3,(H,10,14)(H,11,12)(H,13,15). The van der Waals surface area contributed by atoms with Crippen LogP contribution in [0.3, 0.4) is 0 Å². The van der Waals surface area contributed by atoms with Crippen molar-refractivity contribution in [2.45, 2.75) is 19.9 Å². The maximum atomic E-state index is 11.3. The maximum absolute atomic E-state index is 11.3. The molecule has 1 aromatic rings. The van der Waals surface area contributed by atoms with E-state index in [1.54, 1.807) is 12.4 Å². The van der Waals surface area contributed by atoms with Crippen molar-refractivity contribution in [1.82, 2.24) is 20.8 Å². The quantitative estimate of drug-likeness (QED) is 0.639. The summed E-state index contributed by atoms with van der Waals surface area (Å²) in [6, 6.07) is -0.120. The van der Waals surface area contributed by atoms with E-state index in [0.717, 1.165) is 5.56 Å². The molecule has 0 fully saturated rings. The van der Waals surface area contributed by atoms with E-state index in [2.05, 4.69) is 20.8 Å². The fourth-order valence-electron chi connectivity index (χ4n) is 1.08. The number of rotatable bonds is 4. The van der Waals surface area contributed by atoms with Gasteiger partial charge in [-0.15, -0.1) is 0 Å². The summed E-state index contributed by atoms with van der Waals surface area (Å²) < 4.78 is 0. The first-order valence-corrected chi connectivity index (χ1v) is 4.62. The number of hydrogen-bond acceptors (Lipinski definition) is 3. The highest BCUT2D eigenvalue weighted by Crippen LogP contribution is 2.07. The van der Waals surface area contributed by atoms with E-state index < -0.39 is 0 Å². The summed E-state index contributed by atoms with van der Waals surface area (Å²) in [5.41, 5.74) is 0.895. The van der Waals surface area contributed by atoms with Crippen LogP contribution < -0.4 is 10.6 Å². The molecule has 6 heteroatoms. The molecule has 0 radical (unpaired) electrons. The Kier molecular flexibility index (Phi) is 3.84. The Labute approximate surface area is 87.4 Å². The van der Waals surface area contributed by atoms with E-state index in [9.17, 15) is 9.59 Å². The molecule has 1 unspecified atom stereocenters. The van der Waals surface area contributed by atoms with Crippen molar-refractivity contribution in [2.24, 2.45) is 0 Å². The zero-order valence-electron chi connectivity index (χ0n) is 8.70. The van der Waals surface area contributed by atoms with E-state index in [4.69, 9.17) is 0 Å². The smallest absolute Gasteiger partial charge is 0.239 e. The predicted octanol–water partition coefficient (Wildman–Crippen LogP) is -0.277. The SMILES string of the molecule is CC(=O)NCC(=O)NC(C)c1cn[nH]c1. The van der Waals surface area contributed by atoms with E-state index >= 15 is 0 Å². The van der Waals surface area contributed by atoms with Gasteiger partial charge in [-0.1, -0.05) is 0 Å². The molecule has 1 aromatic heterocycles. The largest absolute Gasteiger partial charge is 0.348 e. The summed E-state index contributed by atoms with van der Waals surface area (Å²) in [6.07, 6.45) is 3.35. The molecule has 0 spiro atoms. The van der Waals surface area contributed by atoms with Crippen LogP contribution in [0.4, 0.5) is 0 Å². The second kappa shape index (κ2) is 5.14. The molecular formula is C9H14N4O2. The molecule has 0 bridgehead atoms. The minimum atomic E-state index is -0.223. The van der Waals surface area contributed by atoms with Gasteiger partial charge in [0.1, 0.15) is 0 Å². The highest BCUT2D eigenvalue weighted by atomic mass is 16.2. The topological polar surface area (TPSA) is 86.9 Å². The molecule has 15 heavy (non-hydrogen) atoms. The lowest BCUT2D eigenvalue weighted by atomic mass is 10.2. The molecule has 1 atom stereocenters. The average molecular weight is 210 g/mol. The maximum Gasteiger partial charge on any atom is 0.239 e. The lowest BCUT2D eigenvalue weighted by molar-refractivity contribution is -0.125. The molecular weight excluding hydrogens is 196 g/mol. The first-order valence-electron chi connectivity index (χ1n) is 4.62. The first-order chi connectivity index (χ1) is 7.09. The van der Waals surface area contributed by atoms with Crippen LogP contribution in [0.5, 0.6) is 0 Å². The highest BCUT2D eigenvalue weighted by Gasteiger charge is 2.09. The van der Waals surface area contributed by atoms with Crippen molar-refractivity contribution in [2.75, 3.05) is 6.54 Å². The number of nitrogens with zero attached hydrogens (tertiary/aromatic N) is 1. The van der Waals surface area contributed by atoms with Crippen LogP contribution in [-0.2, 0) is 9.59 Å². The number of aromatic nitrogens is 2. The molecule has 2 amide bonds. The minimum Gasteiger partial charge on any atom is -0.348 e. The zero-order valence-corrected chi connectivity index (χ0v) is 8.70. The lowest BCUT2D eigenvalue weighted by Crippen LogP contribution is -2.37. The van der Waals surface area contributed by atoms with Gasteiger partial charge in [-0.3, -0.25) is 14.7 Å². The Morgan fingerprint density at radius 3 is 2.87 bits per heavy atom. The number of aromatic amines is 1. The van der Waals surface area contributed by atoms with Gasteiger partial charge in [0.05, 0.1) is 18.8 Å². The fraction of sp³-hybridized carbons (Fsp3) is 0.444. The number of nitrogens with one attached hydrogen (secondary N) is 3. The molecule has 0 aliphatic rings. The van der Waals surface area contributed by atoms with Gasteiger partial charge < -0.3 is 10.6 Å². The molecule has 1 heterocycles. The number of carbonyl (C=O) groups excluding carboxylic acids is 2. The van der Waals surface area contributed by atoms with Crippen LogP contribution in [0.25, 0.3) is 0 Å². The summed E-state index contributed by atoms with van der Waals surface area (Å²) in [5.74, 6) is -0.444. The van der Waals surface area contributed by atoms with Gasteiger partial charge in [0, 0.05) is 18.7 Å². The van der Waals surface area contributed by atoms with Crippen molar-refractivity contribution in [1.29, 1.82) is 0 Å². The van der Waals surface area contributed by atoms with Crippen molar-refractivity contribution in [3.8, 4) is 0 Å². The van der Waals surface area contributed by atoms with Gasteiger partial charge in [-0.25, -0.2) is 0 Å². The van der Waals surface area contributed by atoms with Gasteiger partial charge in [-0.2, -0.15) is 5.10 Å². The van der Waals surface area contributed by atoms with E-state index in [1.807, 2.05) is 6.92 Å². The van der Waals surface area contributed by atoms with Crippen LogP contribution in [0.15, 0.2) is 12.4 Å². The second-order valence-electron chi connectivity index (χ2n) is 3.23. The lowest BCUT2D eigenvalue weighted by Gasteiger charge is -2.11. The third-order valence-electron chi connectivity index (χ3n) is 1.89. The Morgan fingerprint density at radius 1 is 1.60 bits per heavy atom. The van der Waals surface area contributed by atoms with Gasteiger partial charge in [-0.05, 0) is 6.92 Å². The number of H-pyrrole nitrogens is 1. The van der Waals surface area contributed by atoms with Crippen LogP contribution >= 0.6 is 0 Å². The van der Waals surface area contributed by atoms with Crippen LogP contribution in [0, 0.1) is 0 Å². The number of hydrogen-bond donors (Lipinski definition) is 3. The molecule has 0 aliphatic carbocycles. The molecule has 82 valence electrons. The Balaban J connectivity index is 2.35. The summed E-state index contributed by atoms with van der Waals surface area (Å²) >= 11 is 0. The van der Waals surface area contributed by atoms with Crippen LogP contribution in [0.2, 0.25) is 0 Å². The summed E-state index contributed by atoms with van der Waals surface area (Å²) in [6.45, 7) is 3.21. The van der Waals surface area contributed by atoms with Crippen molar-refractivity contribution < 1.29 is 9.59 Å². The first kappa shape index (κ1) is 11.2. The Bertz CT molecular complexity index is 334. The average Bonchev–Trinajstić information content (AvgIpc) is 2.67. The zero-order chi connectivity index (χ0) is 11.3. The Hall–Kier alpha value is -1.85. The third kappa shape index (κ3) is 3.80. The molecule has 0 saturated carbocycles. The molecule has 1 rings (SSSR count). The second-order valence-corrected chi connectivity index (χ2v) is 3.23. The fourth-order valence-corrected chi connectivity index (χ4v) is 1.08. The van der Waals surface area contributed by atoms with E-state index in [-0.39, 0.29) is 24.4 Å². The van der Waals surface area contributed by atoms with Gasteiger partial charge in [0.15, 0.2) is 0 Å². The monoisotopic (exact) mass is 210 g/mol. The normalized spacial score (nSPS) is 11.9. The van der Waals surface area contributed by atoms with Crippen LogP contribution in [0.1, 0.15) is 25.5 Å². The molecule has 0 aliphatic heterocycles. The summed E-state index contributed by atoms with van der Waals surface area (Å²) in [7, 11) is 0. The highest BCUT2D eigenvalue weighted by molar-refractivity contribution is 5.83. The predicted molar refractivity (Wildman–Crippen MR) is 53.8 cm³/mol. The number of amides is 2. The molecule has 6 nitrogen and oxygen atoms in total.